The zero-order valence-electron chi connectivity index (χ0n) is 19.7. The molecule has 0 radical (unpaired) electrons. The Hall–Kier alpha value is -4.30. The van der Waals surface area contributed by atoms with Crippen LogP contribution in [0.3, 0.4) is 0 Å². The first kappa shape index (κ1) is 24.8. The molecular weight excluding hydrogens is 482 g/mol. The Morgan fingerprint density at radius 2 is 1.86 bits per heavy atom. The molecule has 1 fully saturated rings. The van der Waals surface area contributed by atoms with Crippen molar-refractivity contribution >= 4 is 41.2 Å². The molecule has 9 heteroatoms. The fourth-order valence-corrected chi connectivity index (χ4v) is 3.97. The number of nitrogens with one attached hydrogen (secondary N) is 2. The second kappa shape index (κ2) is 11.0. The Labute approximate surface area is 213 Å². The van der Waals surface area contributed by atoms with Crippen molar-refractivity contribution < 1.29 is 23.9 Å². The molecule has 0 atom stereocenters. The molecule has 0 unspecified atom stereocenters. The van der Waals surface area contributed by atoms with Gasteiger partial charge in [0.15, 0.2) is 18.1 Å². The van der Waals surface area contributed by atoms with Crippen LogP contribution in [0, 0.1) is 6.92 Å². The van der Waals surface area contributed by atoms with Crippen LogP contribution in [0.1, 0.15) is 16.7 Å². The summed E-state index contributed by atoms with van der Waals surface area (Å²) in [6.07, 6.45) is 1.51. The molecule has 2 N–H and O–H groups in total. The number of hydrogen-bond acceptors (Lipinski definition) is 5. The average Bonchev–Trinajstić information content (AvgIpc) is 3.11. The molecule has 3 aromatic rings. The monoisotopic (exact) mass is 505 g/mol. The second-order valence-corrected chi connectivity index (χ2v) is 8.51. The zero-order chi connectivity index (χ0) is 25.7. The molecule has 0 spiro atoms. The SMILES string of the molecule is COc1cc(/C=C2/NC(=O)N(Cc3cccc(C)c3)C2=O)cc(Cl)c1OCC(=O)Nc1ccccc1. The van der Waals surface area contributed by atoms with Crippen molar-refractivity contribution in [3.63, 3.8) is 0 Å². The van der Waals surface area contributed by atoms with Crippen LogP contribution in [-0.2, 0) is 16.1 Å². The maximum absolute atomic E-state index is 12.9. The number of ether oxygens (including phenoxy) is 2. The van der Waals surface area contributed by atoms with E-state index in [1.165, 1.54) is 13.2 Å². The summed E-state index contributed by atoms with van der Waals surface area (Å²) in [5, 5.41) is 5.51. The number of carbonyl (C=O) groups excluding carboxylic acids is 3. The third-order valence-corrected chi connectivity index (χ3v) is 5.63. The lowest BCUT2D eigenvalue weighted by Crippen LogP contribution is -2.30. The van der Waals surface area contributed by atoms with E-state index in [1.54, 1.807) is 24.3 Å². The van der Waals surface area contributed by atoms with Gasteiger partial charge in [0.1, 0.15) is 5.70 Å². The maximum atomic E-state index is 12.9. The lowest BCUT2D eigenvalue weighted by Gasteiger charge is -2.14. The van der Waals surface area contributed by atoms with Crippen LogP contribution in [0.4, 0.5) is 10.5 Å². The highest BCUT2D eigenvalue weighted by Gasteiger charge is 2.33. The van der Waals surface area contributed by atoms with Gasteiger partial charge in [0.25, 0.3) is 11.8 Å². The fraction of sp³-hybridized carbons (Fsp3) is 0.148. The van der Waals surface area contributed by atoms with Gasteiger partial charge < -0.3 is 20.1 Å². The number of urea groups is 1. The Morgan fingerprint density at radius 1 is 1.08 bits per heavy atom. The van der Waals surface area contributed by atoms with Crippen molar-refractivity contribution in [2.24, 2.45) is 0 Å². The molecule has 3 aromatic carbocycles. The van der Waals surface area contributed by atoms with Crippen molar-refractivity contribution in [1.29, 1.82) is 0 Å². The van der Waals surface area contributed by atoms with E-state index in [0.29, 0.717) is 11.3 Å². The first-order valence-corrected chi connectivity index (χ1v) is 11.5. The maximum Gasteiger partial charge on any atom is 0.329 e. The largest absolute Gasteiger partial charge is 0.493 e. The van der Waals surface area contributed by atoms with Gasteiger partial charge in [-0.15, -0.1) is 0 Å². The molecule has 4 amide bonds. The number of para-hydroxylation sites is 1. The number of hydrogen-bond donors (Lipinski definition) is 2. The van der Waals surface area contributed by atoms with E-state index >= 15 is 0 Å². The van der Waals surface area contributed by atoms with E-state index in [2.05, 4.69) is 10.6 Å². The topological polar surface area (TPSA) is 97.0 Å². The van der Waals surface area contributed by atoms with Crippen LogP contribution in [-0.4, -0.2) is 36.5 Å². The Morgan fingerprint density at radius 3 is 2.58 bits per heavy atom. The molecule has 0 saturated carbocycles. The number of anilines is 1. The fourth-order valence-electron chi connectivity index (χ4n) is 3.69. The predicted octanol–water partition coefficient (Wildman–Crippen LogP) is 4.77. The van der Waals surface area contributed by atoms with Gasteiger partial charge in [-0.25, -0.2) is 4.79 Å². The standard InChI is InChI=1S/C27H24ClN3O5/c1-17-7-6-8-18(11-17)15-31-26(33)22(30-27(31)34)13-19-12-21(28)25(23(14-19)35-2)36-16-24(32)29-20-9-4-3-5-10-20/h3-14H,15-16H2,1-2H3,(H,29,32)(H,30,34)/b22-13+. The van der Waals surface area contributed by atoms with Crippen molar-refractivity contribution in [2.45, 2.75) is 13.5 Å². The van der Waals surface area contributed by atoms with Gasteiger partial charge in [-0.1, -0.05) is 59.6 Å². The van der Waals surface area contributed by atoms with Gasteiger partial charge in [-0.05, 0) is 48.4 Å². The number of aryl methyl sites for hydroxylation is 1. The first-order chi connectivity index (χ1) is 17.3. The molecule has 184 valence electrons. The van der Waals surface area contributed by atoms with Gasteiger partial charge in [-0.2, -0.15) is 0 Å². The van der Waals surface area contributed by atoms with Crippen LogP contribution in [0.2, 0.25) is 5.02 Å². The lowest BCUT2D eigenvalue weighted by molar-refractivity contribution is -0.123. The molecule has 1 aliphatic rings. The molecule has 1 saturated heterocycles. The van der Waals surface area contributed by atoms with Crippen LogP contribution in [0.15, 0.2) is 72.4 Å². The smallest absolute Gasteiger partial charge is 0.329 e. The van der Waals surface area contributed by atoms with Crippen LogP contribution >= 0.6 is 11.6 Å². The van der Waals surface area contributed by atoms with Crippen molar-refractivity contribution in [1.82, 2.24) is 10.2 Å². The molecule has 0 bridgehead atoms. The summed E-state index contributed by atoms with van der Waals surface area (Å²) in [7, 11) is 1.44. The summed E-state index contributed by atoms with van der Waals surface area (Å²) in [4.78, 5) is 38.7. The van der Waals surface area contributed by atoms with Gasteiger partial charge in [0.05, 0.1) is 18.7 Å². The van der Waals surface area contributed by atoms with Crippen LogP contribution < -0.4 is 20.1 Å². The summed E-state index contributed by atoms with van der Waals surface area (Å²) >= 11 is 6.41. The molecule has 4 rings (SSSR count). The third-order valence-electron chi connectivity index (χ3n) is 5.35. The lowest BCUT2D eigenvalue weighted by atomic mass is 10.1. The number of benzene rings is 3. The highest BCUT2D eigenvalue weighted by molar-refractivity contribution is 6.32. The van der Waals surface area contributed by atoms with Crippen molar-refractivity contribution in [2.75, 3.05) is 19.0 Å². The Bertz CT molecular complexity index is 1340. The highest BCUT2D eigenvalue weighted by Crippen LogP contribution is 2.37. The number of rotatable bonds is 8. The summed E-state index contributed by atoms with van der Waals surface area (Å²) in [5.41, 5.74) is 3.16. The minimum Gasteiger partial charge on any atom is -0.493 e. The van der Waals surface area contributed by atoms with Gasteiger partial charge in [0, 0.05) is 5.69 Å². The molecule has 36 heavy (non-hydrogen) atoms. The highest BCUT2D eigenvalue weighted by atomic mass is 35.5. The number of carbonyl (C=O) groups is 3. The summed E-state index contributed by atoms with van der Waals surface area (Å²) < 4.78 is 11.0. The number of methoxy groups -OCH3 is 1. The molecule has 0 aromatic heterocycles. The van der Waals surface area contributed by atoms with E-state index in [0.717, 1.165) is 16.0 Å². The number of nitrogens with zero attached hydrogens (tertiary/aromatic N) is 1. The molecule has 8 nitrogen and oxygen atoms in total. The Balaban J connectivity index is 1.47. The zero-order valence-corrected chi connectivity index (χ0v) is 20.5. The molecule has 1 aliphatic heterocycles. The quantitative estimate of drug-likeness (QED) is 0.339. The van der Waals surface area contributed by atoms with Gasteiger partial charge >= 0.3 is 6.03 Å². The van der Waals surface area contributed by atoms with Crippen molar-refractivity contribution in [3.8, 4) is 11.5 Å². The Kier molecular flexibility index (Phi) is 7.56. The van der Waals surface area contributed by atoms with Crippen molar-refractivity contribution in [3.05, 3.63) is 94.1 Å². The van der Waals surface area contributed by atoms with E-state index in [1.807, 2.05) is 49.4 Å². The van der Waals surface area contributed by atoms with Gasteiger partial charge in [0.2, 0.25) is 0 Å². The van der Waals surface area contributed by atoms with Gasteiger partial charge in [-0.3, -0.25) is 14.5 Å². The molecular formula is C27H24ClN3O5. The van der Waals surface area contributed by atoms with Crippen LogP contribution in [0.5, 0.6) is 11.5 Å². The predicted molar refractivity (Wildman–Crippen MR) is 137 cm³/mol. The minimum atomic E-state index is -0.504. The normalized spacial score (nSPS) is 14.1. The van der Waals surface area contributed by atoms with E-state index in [9.17, 15) is 14.4 Å². The number of amides is 4. The third kappa shape index (κ3) is 5.84. The molecule has 0 aliphatic carbocycles. The summed E-state index contributed by atoms with van der Waals surface area (Å²) in [6, 6.07) is 19.3. The average molecular weight is 506 g/mol. The summed E-state index contributed by atoms with van der Waals surface area (Å²) in [6.45, 7) is 1.82. The van der Waals surface area contributed by atoms with E-state index in [-0.39, 0.29) is 41.3 Å². The van der Waals surface area contributed by atoms with E-state index < -0.39 is 11.9 Å². The summed E-state index contributed by atoms with van der Waals surface area (Å²) in [5.74, 6) is -0.351. The van der Waals surface area contributed by atoms with Crippen LogP contribution in [0.25, 0.3) is 6.08 Å². The molecule has 1 heterocycles. The number of halogens is 1. The first-order valence-electron chi connectivity index (χ1n) is 11.1. The second-order valence-electron chi connectivity index (χ2n) is 8.11. The van der Waals surface area contributed by atoms with E-state index in [4.69, 9.17) is 21.1 Å². The minimum absolute atomic E-state index is 0.113. The number of imide groups is 1.